The average Bonchev–Trinajstić information content (AvgIpc) is 2.76. The molecule has 3 aliphatic rings. The predicted octanol–water partition coefficient (Wildman–Crippen LogP) is 1.60. The second-order valence-electron chi connectivity index (χ2n) is 7.33. The Morgan fingerprint density at radius 3 is 2.80 bits per heavy atom. The Morgan fingerprint density at radius 2 is 1.97 bits per heavy atom. The van der Waals surface area contributed by atoms with Gasteiger partial charge in [-0.15, -0.1) is 0 Å². The van der Waals surface area contributed by atoms with E-state index in [1.165, 1.54) is 11.8 Å². The standard InChI is InChI=1S/C20H22N4O4S2/c25-20-15-2-1-3-17-19(15)24(13-21-20)16-5-4-14(12-18(16)29-17)30(26,27)22-6-7-23-8-10-28-11-9-23/h1-5,12,22H,6-11,13H2,(H,21,25). The number of hydrogen-bond acceptors (Lipinski definition) is 7. The lowest BCUT2D eigenvalue weighted by atomic mass is 10.1. The number of nitrogens with one attached hydrogen (secondary N) is 2. The lowest BCUT2D eigenvalue weighted by Gasteiger charge is -2.37. The number of fused-ring (bicyclic) bond motifs is 2. The summed E-state index contributed by atoms with van der Waals surface area (Å²) >= 11 is 1.49. The number of carbonyl (C=O) groups excluding carboxylic acids is 1. The topological polar surface area (TPSA) is 91.0 Å². The van der Waals surface area contributed by atoms with Crippen LogP contribution in [0.15, 0.2) is 51.1 Å². The number of benzene rings is 2. The molecule has 158 valence electrons. The van der Waals surface area contributed by atoms with Crippen LogP contribution in [0.2, 0.25) is 0 Å². The molecule has 3 heterocycles. The van der Waals surface area contributed by atoms with Gasteiger partial charge in [0.15, 0.2) is 0 Å². The van der Waals surface area contributed by atoms with Crippen LogP contribution in [0.4, 0.5) is 11.4 Å². The monoisotopic (exact) mass is 446 g/mol. The van der Waals surface area contributed by atoms with E-state index in [-0.39, 0.29) is 10.8 Å². The molecule has 1 saturated heterocycles. The number of anilines is 2. The fourth-order valence-corrected chi connectivity index (χ4v) is 6.22. The number of ether oxygens (including phenoxy) is 1. The molecule has 30 heavy (non-hydrogen) atoms. The molecule has 1 fully saturated rings. The van der Waals surface area contributed by atoms with Crippen LogP contribution >= 0.6 is 11.8 Å². The fourth-order valence-electron chi connectivity index (χ4n) is 3.93. The molecule has 0 atom stereocenters. The molecular weight excluding hydrogens is 424 g/mol. The molecular formula is C20H22N4O4S2. The van der Waals surface area contributed by atoms with E-state index in [1.807, 2.05) is 29.2 Å². The number of rotatable bonds is 5. The van der Waals surface area contributed by atoms with Crippen molar-refractivity contribution in [2.45, 2.75) is 14.7 Å². The summed E-state index contributed by atoms with van der Waals surface area (Å²) in [6, 6.07) is 10.8. The maximum atomic E-state index is 12.8. The molecule has 0 saturated carbocycles. The van der Waals surface area contributed by atoms with Gasteiger partial charge in [-0.25, -0.2) is 13.1 Å². The lowest BCUT2D eigenvalue weighted by molar-refractivity contribution is 0.0390. The number of hydrogen-bond donors (Lipinski definition) is 2. The second kappa shape index (κ2) is 7.86. The Kier molecular flexibility index (Phi) is 5.19. The van der Waals surface area contributed by atoms with E-state index in [2.05, 4.69) is 14.9 Å². The highest BCUT2D eigenvalue weighted by molar-refractivity contribution is 7.99. The molecule has 5 rings (SSSR count). The van der Waals surface area contributed by atoms with Gasteiger partial charge in [-0.05, 0) is 30.3 Å². The van der Waals surface area contributed by atoms with Gasteiger partial charge in [0.2, 0.25) is 10.0 Å². The molecule has 0 unspecified atom stereocenters. The maximum Gasteiger partial charge on any atom is 0.254 e. The first kappa shape index (κ1) is 19.8. The zero-order valence-corrected chi connectivity index (χ0v) is 17.9. The molecule has 3 aliphatic heterocycles. The Bertz CT molecular complexity index is 1100. The van der Waals surface area contributed by atoms with E-state index in [0.717, 1.165) is 34.3 Å². The molecule has 10 heteroatoms. The maximum absolute atomic E-state index is 12.8. The Balaban J connectivity index is 1.37. The van der Waals surface area contributed by atoms with Crippen molar-refractivity contribution in [3.05, 3.63) is 42.0 Å². The van der Waals surface area contributed by atoms with Crippen LogP contribution in [0.3, 0.4) is 0 Å². The number of nitrogens with zero attached hydrogens (tertiary/aromatic N) is 2. The van der Waals surface area contributed by atoms with E-state index in [4.69, 9.17) is 4.74 Å². The van der Waals surface area contributed by atoms with Crippen LogP contribution in [0, 0.1) is 0 Å². The summed E-state index contributed by atoms with van der Waals surface area (Å²) in [5.74, 6) is -0.0872. The normalized spacial score (nSPS) is 18.5. The number of carbonyl (C=O) groups is 1. The van der Waals surface area contributed by atoms with Crippen LogP contribution in [0.1, 0.15) is 10.4 Å². The highest BCUT2D eigenvalue weighted by Gasteiger charge is 2.32. The summed E-state index contributed by atoms with van der Waals surface area (Å²) in [4.78, 5) is 18.5. The van der Waals surface area contributed by atoms with Crippen LogP contribution in [-0.2, 0) is 14.8 Å². The van der Waals surface area contributed by atoms with Gasteiger partial charge >= 0.3 is 0 Å². The number of para-hydroxylation sites is 1. The van der Waals surface area contributed by atoms with Crippen molar-refractivity contribution >= 4 is 39.1 Å². The average molecular weight is 447 g/mol. The van der Waals surface area contributed by atoms with Crippen molar-refractivity contribution < 1.29 is 17.9 Å². The van der Waals surface area contributed by atoms with E-state index < -0.39 is 10.0 Å². The van der Waals surface area contributed by atoms with Gasteiger partial charge < -0.3 is 15.0 Å². The first-order chi connectivity index (χ1) is 14.5. The van der Waals surface area contributed by atoms with Gasteiger partial charge in [-0.2, -0.15) is 0 Å². The zero-order valence-electron chi connectivity index (χ0n) is 16.3. The van der Waals surface area contributed by atoms with Crippen LogP contribution in [0.25, 0.3) is 0 Å². The van der Waals surface area contributed by atoms with Gasteiger partial charge in [0.1, 0.15) is 0 Å². The minimum atomic E-state index is -3.61. The Morgan fingerprint density at radius 1 is 1.13 bits per heavy atom. The number of amides is 1. The number of sulfonamides is 1. The summed E-state index contributed by atoms with van der Waals surface area (Å²) in [6.45, 7) is 4.41. The number of morpholine rings is 1. The summed E-state index contributed by atoms with van der Waals surface area (Å²) in [5, 5.41) is 2.88. The minimum Gasteiger partial charge on any atom is -0.379 e. The third kappa shape index (κ3) is 3.58. The first-order valence-corrected chi connectivity index (χ1v) is 12.1. The smallest absolute Gasteiger partial charge is 0.254 e. The summed E-state index contributed by atoms with van der Waals surface area (Å²) in [7, 11) is -3.61. The molecule has 8 nitrogen and oxygen atoms in total. The van der Waals surface area contributed by atoms with E-state index in [1.54, 1.807) is 12.1 Å². The SMILES string of the molecule is O=C1NCN2c3ccc(S(=O)(=O)NCCN4CCOCC4)cc3Sc3cccc1c32. The molecule has 2 N–H and O–H groups in total. The Labute approximate surface area is 179 Å². The summed E-state index contributed by atoms with van der Waals surface area (Å²) in [6.07, 6.45) is 0. The van der Waals surface area contributed by atoms with Crippen molar-refractivity contribution in [2.75, 3.05) is 51.0 Å². The van der Waals surface area contributed by atoms with Crippen LogP contribution in [0.5, 0.6) is 0 Å². The third-order valence-electron chi connectivity index (χ3n) is 5.49. The van der Waals surface area contributed by atoms with E-state index in [0.29, 0.717) is 38.5 Å². The van der Waals surface area contributed by atoms with Crippen molar-refractivity contribution in [3.8, 4) is 0 Å². The molecule has 2 aromatic carbocycles. The van der Waals surface area contributed by atoms with Gasteiger partial charge in [-0.1, -0.05) is 17.8 Å². The Hall–Kier alpha value is -2.11. The zero-order chi connectivity index (χ0) is 20.7. The largest absolute Gasteiger partial charge is 0.379 e. The molecule has 0 aromatic heterocycles. The molecule has 0 bridgehead atoms. The first-order valence-electron chi connectivity index (χ1n) is 9.83. The molecule has 2 aromatic rings. The molecule has 0 spiro atoms. The van der Waals surface area contributed by atoms with Gasteiger partial charge in [0.05, 0.1) is 41.7 Å². The minimum absolute atomic E-state index is 0.0872. The quantitative estimate of drug-likeness (QED) is 0.721. The van der Waals surface area contributed by atoms with Gasteiger partial charge in [0, 0.05) is 36.0 Å². The highest BCUT2D eigenvalue weighted by Crippen LogP contribution is 2.50. The van der Waals surface area contributed by atoms with Crippen molar-refractivity contribution in [2.24, 2.45) is 0 Å². The van der Waals surface area contributed by atoms with Crippen molar-refractivity contribution in [1.82, 2.24) is 14.9 Å². The second-order valence-corrected chi connectivity index (χ2v) is 10.2. The molecule has 0 aliphatic carbocycles. The lowest BCUT2D eigenvalue weighted by Crippen LogP contribution is -2.42. The summed E-state index contributed by atoms with van der Waals surface area (Å²) in [5.41, 5.74) is 2.42. The van der Waals surface area contributed by atoms with Crippen LogP contribution in [-0.4, -0.2) is 65.3 Å². The third-order valence-corrected chi connectivity index (χ3v) is 8.04. The predicted molar refractivity (Wildman–Crippen MR) is 114 cm³/mol. The van der Waals surface area contributed by atoms with Crippen LogP contribution < -0.4 is 14.9 Å². The highest BCUT2D eigenvalue weighted by atomic mass is 32.2. The van der Waals surface area contributed by atoms with Crippen molar-refractivity contribution in [1.29, 1.82) is 0 Å². The van der Waals surface area contributed by atoms with Gasteiger partial charge in [0.25, 0.3) is 5.91 Å². The molecule has 1 amide bonds. The van der Waals surface area contributed by atoms with E-state index in [9.17, 15) is 13.2 Å². The fraction of sp³-hybridized carbons (Fsp3) is 0.350. The van der Waals surface area contributed by atoms with E-state index >= 15 is 0 Å². The van der Waals surface area contributed by atoms with Gasteiger partial charge in [-0.3, -0.25) is 9.69 Å². The van der Waals surface area contributed by atoms with Crippen molar-refractivity contribution in [3.63, 3.8) is 0 Å². The molecule has 0 radical (unpaired) electrons. The summed E-state index contributed by atoms with van der Waals surface area (Å²) < 4.78 is 33.7.